The van der Waals surface area contributed by atoms with Gasteiger partial charge in [0.1, 0.15) is 0 Å². The van der Waals surface area contributed by atoms with Crippen LogP contribution in [0.5, 0.6) is 0 Å². The summed E-state index contributed by atoms with van der Waals surface area (Å²) in [6, 6.07) is 8.10. The van der Waals surface area contributed by atoms with Gasteiger partial charge in [-0.15, -0.1) is 0 Å². The first-order valence-corrected chi connectivity index (χ1v) is 7.03. The van der Waals surface area contributed by atoms with Gasteiger partial charge in [0.25, 0.3) is 0 Å². The second kappa shape index (κ2) is 6.24. The predicted molar refractivity (Wildman–Crippen MR) is 87.8 cm³/mol. The van der Waals surface area contributed by atoms with Gasteiger partial charge in [0.05, 0.1) is 17.1 Å². The van der Waals surface area contributed by atoms with E-state index in [-0.39, 0.29) is 0 Å². The van der Waals surface area contributed by atoms with Crippen LogP contribution in [0.15, 0.2) is 66.2 Å². The van der Waals surface area contributed by atoms with E-state index in [2.05, 4.69) is 29.5 Å². The monoisotopic (exact) mass is 321 g/mol. The molecule has 1 aliphatic rings. The highest BCUT2D eigenvalue weighted by atomic mass is 19.4. The number of fused-ring (bicyclic) bond motifs is 1. The van der Waals surface area contributed by atoms with Gasteiger partial charge < -0.3 is 16.0 Å². The average Bonchev–Trinajstić information content (AvgIpc) is 2.94. The first kappa shape index (κ1) is 16.7. The maximum atomic E-state index is 10.8. The Hall–Kier alpha value is -2.63. The van der Waals surface area contributed by atoms with Gasteiger partial charge in [-0.1, -0.05) is 38.3 Å². The van der Waals surface area contributed by atoms with Crippen LogP contribution in [0.1, 0.15) is 13.3 Å². The van der Waals surface area contributed by atoms with Crippen molar-refractivity contribution in [2.24, 2.45) is 5.73 Å². The number of hydrogen-bond donors (Lipinski definition) is 3. The number of halogens is 3. The number of H-pyrrole nitrogens is 1. The molecule has 1 aliphatic carbocycles. The molecule has 0 saturated heterocycles. The fourth-order valence-electron chi connectivity index (χ4n) is 2.02. The molecular formula is C17H18F3N3. The van der Waals surface area contributed by atoms with Gasteiger partial charge in [-0.05, 0) is 6.07 Å². The summed E-state index contributed by atoms with van der Waals surface area (Å²) < 4.78 is 32.4. The smallest absolute Gasteiger partial charge is 0.388 e. The maximum Gasteiger partial charge on any atom is 0.388 e. The first-order valence-electron chi connectivity index (χ1n) is 7.03. The average molecular weight is 321 g/mol. The maximum absolute atomic E-state index is 10.8. The molecule has 3 rings (SSSR count). The topological polar surface area (TPSA) is 53.8 Å². The summed E-state index contributed by atoms with van der Waals surface area (Å²) in [5, 5.41) is 4.43. The number of anilines is 1. The molecule has 0 aliphatic heterocycles. The number of rotatable bonds is 2. The lowest BCUT2D eigenvalue weighted by molar-refractivity contribution is -0.130. The Bertz CT molecular complexity index is 782. The van der Waals surface area contributed by atoms with Gasteiger partial charge in [-0.2, -0.15) is 13.2 Å². The molecule has 4 N–H and O–H groups in total. The second-order valence-corrected chi connectivity index (χ2v) is 5.09. The third kappa shape index (κ3) is 3.59. The fourth-order valence-corrected chi connectivity index (χ4v) is 2.02. The van der Waals surface area contributed by atoms with Gasteiger partial charge in [-0.25, -0.2) is 0 Å². The molecule has 0 saturated carbocycles. The van der Waals surface area contributed by atoms with Crippen molar-refractivity contribution in [3.05, 3.63) is 66.2 Å². The number of aromatic amines is 1. The highest BCUT2D eigenvalue weighted by Gasteiger charge is 2.24. The van der Waals surface area contributed by atoms with Crippen LogP contribution in [0, 0.1) is 0 Å². The van der Waals surface area contributed by atoms with Crippen LogP contribution in [0.3, 0.4) is 0 Å². The zero-order valence-corrected chi connectivity index (χ0v) is 12.7. The van der Waals surface area contributed by atoms with Crippen molar-refractivity contribution in [3.8, 4) is 0 Å². The Morgan fingerprint density at radius 3 is 2.35 bits per heavy atom. The van der Waals surface area contributed by atoms with Gasteiger partial charge in [0, 0.05) is 34.7 Å². The van der Waals surface area contributed by atoms with Crippen molar-refractivity contribution in [2.75, 3.05) is 5.32 Å². The van der Waals surface area contributed by atoms with Crippen LogP contribution in [0.2, 0.25) is 0 Å². The highest BCUT2D eigenvalue weighted by Crippen LogP contribution is 2.36. The molecule has 2 aromatic rings. The Labute approximate surface area is 132 Å². The van der Waals surface area contributed by atoms with Crippen molar-refractivity contribution >= 4 is 16.6 Å². The van der Waals surface area contributed by atoms with Crippen LogP contribution in [0.25, 0.3) is 10.9 Å². The van der Waals surface area contributed by atoms with E-state index in [9.17, 15) is 13.2 Å². The van der Waals surface area contributed by atoms with Crippen LogP contribution in [-0.2, 0) is 0 Å². The minimum Gasteiger partial charge on any atom is -0.397 e. The summed E-state index contributed by atoms with van der Waals surface area (Å²) in [6.07, 6.45) is -2.76. The molecule has 0 amide bonds. The number of alkyl halides is 3. The van der Waals surface area contributed by atoms with E-state index in [4.69, 9.17) is 5.73 Å². The number of nitrogens with one attached hydrogen (secondary N) is 2. The number of benzene rings is 1. The lowest BCUT2D eigenvalue weighted by Crippen LogP contribution is -2.23. The van der Waals surface area contributed by atoms with E-state index < -0.39 is 12.6 Å². The molecule has 3 nitrogen and oxygen atoms in total. The standard InChI is InChI=1S/C14H13N3.C3H5F3/c1-8-9(2)14(13(8)15)17-12-7-16-11-6-4-3-5-10(11)12;1-2-3(4,5)6/h3-7,16-17H,1-2,15H2;2H2,1H3. The first-order chi connectivity index (χ1) is 10.7. The third-order valence-electron chi connectivity index (χ3n) is 3.51. The molecule has 1 aromatic carbocycles. The molecule has 0 radical (unpaired) electrons. The molecule has 122 valence electrons. The van der Waals surface area contributed by atoms with Gasteiger partial charge in [0.15, 0.2) is 0 Å². The SMILES string of the molecule is C=C1C(=C)C(Nc2c[nH]c3ccccc23)=C1N.CCC(F)(F)F. The summed E-state index contributed by atoms with van der Waals surface area (Å²) in [5.74, 6) is 0. The number of nitrogens with two attached hydrogens (primary N) is 1. The summed E-state index contributed by atoms with van der Waals surface area (Å²) >= 11 is 0. The van der Waals surface area contributed by atoms with Crippen molar-refractivity contribution in [1.29, 1.82) is 0 Å². The molecule has 0 unspecified atom stereocenters. The van der Waals surface area contributed by atoms with E-state index in [0.717, 1.165) is 40.4 Å². The van der Waals surface area contributed by atoms with Gasteiger partial charge >= 0.3 is 6.18 Å². The fraction of sp³-hybridized carbons (Fsp3) is 0.176. The molecule has 6 heteroatoms. The Balaban J connectivity index is 0.000000277. The summed E-state index contributed by atoms with van der Waals surface area (Å²) in [6.45, 7) is 8.84. The zero-order valence-electron chi connectivity index (χ0n) is 12.7. The number of hydrogen-bond acceptors (Lipinski definition) is 2. The van der Waals surface area contributed by atoms with E-state index in [0.29, 0.717) is 5.70 Å². The van der Waals surface area contributed by atoms with E-state index >= 15 is 0 Å². The number of para-hydroxylation sites is 1. The van der Waals surface area contributed by atoms with Crippen LogP contribution >= 0.6 is 0 Å². The molecule has 1 aromatic heterocycles. The van der Waals surface area contributed by atoms with Gasteiger partial charge in [0.2, 0.25) is 0 Å². The molecule has 0 atom stereocenters. The second-order valence-electron chi connectivity index (χ2n) is 5.09. The van der Waals surface area contributed by atoms with Crippen molar-refractivity contribution in [3.63, 3.8) is 0 Å². The van der Waals surface area contributed by atoms with Crippen LogP contribution in [-0.4, -0.2) is 11.2 Å². The van der Waals surface area contributed by atoms with Crippen molar-refractivity contribution in [1.82, 2.24) is 4.98 Å². The molecule has 1 heterocycles. The molecule has 0 spiro atoms. The summed E-state index contributed by atoms with van der Waals surface area (Å²) in [4.78, 5) is 3.20. The lowest BCUT2D eigenvalue weighted by Gasteiger charge is -2.26. The Kier molecular flexibility index (Phi) is 4.54. The number of aromatic nitrogens is 1. The number of allylic oxidation sites excluding steroid dienone is 2. The quantitative estimate of drug-likeness (QED) is 0.741. The van der Waals surface area contributed by atoms with Gasteiger partial charge in [-0.3, -0.25) is 0 Å². The summed E-state index contributed by atoms with van der Waals surface area (Å²) in [5.41, 5.74) is 11.2. The van der Waals surface area contributed by atoms with Crippen molar-refractivity contribution < 1.29 is 13.2 Å². The van der Waals surface area contributed by atoms with E-state index in [1.54, 1.807) is 0 Å². The minimum atomic E-state index is -3.96. The largest absolute Gasteiger partial charge is 0.397 e. The normalized spacial score (nSPS) is 14.4. The Morgan fingerprint density at radius 2 is 1.78 bits per heavy atom. The zero-order chi connectivity index (χ0) is 17.2. The predicted octanol–water partition coefficient (Wildman–Crippen LogP) is 4.83. The van der Waals surface area contributed by atoms with E-state index in [1.165, 1.54) is 0 Å². The Morgan fingerprint density at radius 1 is 1.17 bits per heavy atom. The highest BCUT2D eigenvalue weighted by molar-refractivity contribution is 5.94. The lowest BCUT2D eigenvalue weighted by atomic mass is 9.90. The van der Waals surface area contributed by atoms with E-state index in [1.807, 2.05) is 24.4 Å². The molecular weight excluding hydrogens is 303 g/mol. The molecule has 23 heavy (non-hydrogen) atoms. The molecule has 0 fully saturated rings. The summed E-state index contributed by atoms with van der Waals surface area (Å²) in [7, 11) is 0. The minimum absolute atomic E-state index is 0.695. The van der Waals surface area contributed by atoms with Crippen molar-refractivity contribution in [2.45, 2.75) is 19.5 Å². The van der Waals surface area contributed by atoms with Crippen LogP contribution < -0.4 is 11.1 Å². The third-order valence-corrected chi connectivity index (χ3v) is 3.51. The molecule has 0 bridgehead atoms. The van der Waals surface area contributed by atoms with Crippen LogP contribution in [0.4, 0.5) is 18.9 Å².